The highest BCUT2D eigenvalue weighted by atomic mass is 16.6. The molecule has 1 saturated heterocycles. The first-order chi connectivity index (χ1) is 13.0. The maximum atomic E-state index is 12.4. The summed E-state index contributed by atoms with van der Waals surface area (Å²) in [6, 6.07) is 10.5. The average molecular weight is 371 g/mol. The van der Waals surface area contributed by atoms with Gasteiger partial charge in [0.1, 0.15) is 0 Å². The third-order valence-electron chi connectivity index (χ3n) is 4.40. The molecule has 2 aromatic rings. The first-order valence-electron chi connectivity index (χ1n) is 9.31. The van der Waals surface area contributed by atoms with Crippen LogP contribution in [0.5, 0.6) is 0 Å². The highest BCUT2D eigenvalue weighted by molar-refractivity contribution is 6.02. The average Bonchev–Trinajstić information content (AvgIpc) is 3.17. The number of benzene rings is 1. The fourth-order valence-electron chi connectivity index (χ4n) is 3.04. The van der Waals surface area contributed by atoms with Crippen molar-refractivity contribution in [1.82, 2.24) is 10.1 Å². The molecule has 1 N–H and O–H groups in total. The monoisotopic (exact) mass is 371 g/mol. The summed E-state index contributed by atoms with van der Waals surface area (Å²) in [5, 5.41) is 6.66. The topological polar surface area (TPSA) is 84.7 Å². The Hall–Kier alpha value is -2.83. The number of nitrogens with zero attached hydrogens (tertiary/aromatic N) is 2. The van der Waals surface area contributed by atoms with Crippen molar-refractivity contribution in [3.63, 3.8) is 0 Å². The van der Waals surface area contributed by atoms with Gasteiger partial charge in [-0.25, -0.2) is 4.79 Å². The number of aromatic nitrogens is 1. The van der Waals surface area contributed by atoms with E-state index in [1.54, 1.807) is 23.1 Å². The summed E-state index contributed by atoms with van der Waals surface area (Å²) in [6.07, 6.45) is 2.30. The minimum absolute atomic E-state index is 0.190. The van der Waals surface area contributed by atoms with Crippen LogP contribution in [0.15, 0.2) is 40.9 Å². The molecule has 7 nitrogen and oxygen atoms in total. The largest absolute Gasteiger partial charge is 0.449 e. The fraction of sp³-hybridized carbons (Fsp3) is 0.450. The molecule has 1 atom stereocenters. The smallest absolute Gasteiger partial charge is 0.410 e. The van der Waals surface area contributed by atoms with Crippen LogP contribution in [0.2, 0.25) is 0 Å². The van der Waals surface area contributed by atoms with Gasteiger partial charge in [0.25, 0.3) is 5.91 Å². The number of amides is 2. The molecule has 3 rings (SSSR count). The molecule has 7 heteroatoms. The lowest BCUT2D eigenvalue weighted by atomic mass is 10.0. The third-order valence-corrected chi connectivity index (χ3v) is 4.40. The van der Waals surface area contributed by atoms with Gasteiger partial charge in [0.15, 0.2) is 11.5 Å². The van der Waals surface area contributed by atoms with Crippen molar-refractivity contribution in [2.45, 2.75) is 39.2 Å². The number of rotatable bonds is 5. The molecule has 27 heavy (non-hydrogen) atoms. The zero-order valence-corrected chi connectivity index (χ0v) is 15.7. The molecule has 1 aliphatic heterocycles. The minimum atomic E-state index is -0.347. The number of para-hydroxylation sites is 1. The van der Waals surface area contributed by atoms with Crippen molar-refractivity contribution in [1.29, 1.82) is 0 Å². The molecule has 2 amide bonds. The highest BCUT2D eigenvalue weighted by Crippen LogP contribution is 2.32. The Morgan fingerprint density at radius 2 is 2.07 bits per heavy atom. The van der Waals surface area contributed by atoms with Gasteiger partial charge in [-0.3, -0.25) is 9.69 Å². The summed E-state index contributed by atoms with van der Waals surface area (Å²) in [5.74, 6) is 0.436. The van der Waals surface area contributed by atoms with E-state index >= 15 is 0 Å². The molecule has 0 spiro atoms. The van der Waals surface area contributed by atoms with Gasteiger partial charge >= 0.3 is 6.09 Å². The maximum absolute atomic E-state index is 12.4. The second kappa shape index (κ2) is 8.70. The Morgan fingerprint density at radius 3 is 2.81 bits per heavy atom. The molecule has 1 aliphatic rings. The van der Waals surface area contributed by atoms with Gasteiger partial charge in [-0.05, 0) is 37.3 Å². The van der Waals surface area contributed by atoms with Crippen molar-refractivity contribution < 1.29 is 18.8 Å². The number of carbonyl (C=O) groups excluding carboxylic acids is 2. The van der Waals surface area contributed by atoms with Crippen molar-refractivity contribution in [2.24, 2.45) is 5.92 Å². The van der Waals surface area contributed by atoms with Crippen molar-refractivity contribution in [2.75, 3.05) is 18.5 Å². The summed E-state index contributed by atoms with van der Waals surface area (Å²) in [7, 11) is 0. The standard InChI is InChI=1S/C20H25N3O4/c1-14(2)13-26-20(25)23-11-7-6-10-17(23)18-12-16(22-27-18)19(24)21-15-8-4-3-5-9-15/h3-5,8-9,12,14,17H,6-7,10-11,13H2,1-2H3,(H,21,24). The number of piperidine rings is 1. The van der Waals surface area contributed by atoms with Crippen LogP contribution in [0, 0.1) is 5.92 Å². The van der Waals surface area contributed by atoms with Gasteiger partial charge < -0.3 is 14.6 Å². The van der Waals surface area contributed by atoms with E-state index in [0.29, 0.717) is 24.6 Å². The van der Waals surface area contributed by atoms with Crippen LogP contribution >= 0.6 is 0 Å². The van der Waals surface area contributed by atoms with Gasteiger partial charge in [0.2, 0.25) is 0 Å². The van der Waals surface area contributed by atoms with Crippen molar-refractivity contribution >= 4 is 17.7 Å². The zero-order valence-electron chi connectivity index (χ0n) is 15.7. The maximum Gasteiger partial charge on any atom is 0.410 e. The Bertz CT molecular complexity index is 773. The molecule has 2 heterocycles. The first-order valence-corrected chi connectivity index (χ1v) is 9.31. The number of hydrogen-bond acceptors (Lipinski definition) is 5. The number of carbonyl (C=O) groups is 2. The first kappa shape index (κ1) is 18.9. The van der Waals surface area contributed by atoms with Gasteiger partial charge in [-0.2, -0.15) is 0 Å². The quantitative estimate of drug-likeness (QED) is 0.849. The van der Waals surface area contributed by atoms with Gasteiger partial charge in [0, 0.05) is 18.3 Å². The minimum Gasteiger partial charge on any atom is -0.449 e. The lowest BCUT2D eigenvalue weighted by molar-refractivity contribution is 0.0583. The van der Waals surface area contributed by atoms with Crippen LogP contribution < -0.4 is 5.32 Å². The summed E-state index contributed by atoms with van der Waals surface area (Å²) < 4.78 is 10.8. The van der Waals surface area contributed by atoms with Crippen molar-refractivity contribution in [3.8, 4) is 0 Å². The van der Waals surface area contributed by atoms with E-state index < -0.39 is 0 Å². The Balaban J connectivity index is 1.69. The van der Waals surface area contributed by atoms with E-state index in [1.165, 1.54) is 0 Å². The van der Waals surface area contributed by atoms with E-state index in [4.69, 9.17) is 9.26 Å². The lowest BCUT2D eigenvalue weighted by Gasteiger charge is -2.33. The van der Waals surface area contributed by atoms with E-state index in [1.807, 2.05) is 32.0 Å². The normalized spacial score (nSPS) is 17.0. The van der Waals surface area contributed by atoms with Crippen LogP contribution in [0.3, 0.4) is 0 Å². The number of anilines is 1. The zero-order chi connectivity index (χ0) is 19.2. The summed E-state index contributed by atoms with van der Waals surface area (Å²) in [4.78, 5) is 26.5. The molecule has 1 unspecified atom stereocenters. The van der Waals surface area contributed by atoms with Crippen molar-refractivity contribution in [3.05, 3.63) is 47.9 Å². The molecule has 1 fully saturated rings. The van der Waals surface area contributed by atoms with E-state index in [9.17, 15) is 9.59 Å². The molecule has 1 aromatic carbocycles. The summed E-state index contributed by atoms with van der Waals surface area (Å²) in [6.45, 7) is 4.97. The van der Waals surface area contributed by atoms with E-state index in [0.717, 1.165) is 19.3 Å². The SMILES string of the molecule is CC(C)COC(=O)N1CCCCC1c1cc(C(=O)Nc2ccccc2)no1. The second-order valence-corrected chi connectivity index (χ2v) is 7.11. The van der Waals surface area contributed by atoms with Crippen LogP contribution in [-0.4, -0.2) is 35.2 Å². The Kier molecular flexibility index (Phi) is 6.11. The Labute approximate surface area is 158 Å². The molecule has 0 bridgehead atoms. The summed E-state index contributed by atoms with van der Waals surface area (Å²) >= 11 is 0. The van der Waals surface area contributed by atoms with Gasteiger partial charge in [-0.1, -0.05) is 37.2 Å². The second-order valence-electron chi connectivity index (χ2n) is 7.11. The number of likely N-dealkylation sites (tertiary alicyclic amines) is 1. The molecule has 1 aromatic heterocycles. The highest BCUT2D eigenvalue weighted by Gasteiger charge is 2.32. The fourth-order valence-corrected chi connectivity index (χ4v) is 3.04. The predicted molar refractivity (Wildman–Crippen MR) is 100 cm³/mol. The van der Waals surface area contributed by atoms with Gasteiger partial charge in [0.05, 0.1) is 12.6 Å². The number of ether oxygens (including phenoxy) is 1. The molecule has 0 saturated carbocycles. The molecule has 0 radical (unpaired) electrons. The van der Waals surface area contributed by atoms with E-state index in [-0.39, 0.29) is 29.7 Å². The molecule has 0 aliphatic carbocycles. The van der Waals surface area contributed by atoms with Crippen LogP contribution in [0.25, 0.3) is 0 Å². The van der Waals surface area contributed by atoms with Crippen LogP contribution in [0.1, 0.15) is 55.4 Å². The predicted octanol–water partition coefficient (Wildman–Crippen LogP) is 4.25. The van der Waals surface area contributed by atoms with E-state index in [2.05, 4.69) is 10.5 Å². The third kappa shape index (κ3) is 4.87. The Morgan fingerprint density at radius 1 is 1.30 bits per heavy atom. The number of nitrogens with one attached hydrogen (secondary N) is 1. The molecular formula is C20H25N3O4. The molecular weight excluding hydrogens is 346 g/mol. The lowest BCUT2D eigenvalue weighted by Crippen LogP contribution is -2.39. The number of hydrogen-bond donors (Lipinski definition) is 1. The summed E-state index contributed by atoms with van der Waals surface area (Å²) in [5.41, 5.74) is 0.874. The molecule has 144 valence electrons. The van der Waals surface area contributed by atoms with Gasteiger partial charge in [-0.15, -0.1) is 0 Å². The van der Waals surface area contributed by atoms with Crippen LogP contribution in [0.4, 0.5) is 10.5 Å². The van der Waals surface area contributed by atoms with Crippen LogP contribution in [-0.2, 0) is 4.74 Å².